The van der Waals surface area contributed by atoms with Gasteiger partial charge >= 0.3 is 0 Å². The fourth-order valence-electron chi connectivity index (χ4n) is 1.14. The van der Waals surface area contributed by atoms with Crippen molar-refractivity contribution in [2.75, 3.05) is 0 Å². The highest BCUT2D eigenvalue weighted by atomic mass is 35.5. The van der Waals surface area contributed by atoms with Crippen LogP contribution in [0.25, 0.3) is 0 Å². The molecule has 0 spiro atoms. The van der Waals surface area contributed by atoms with Gasteiger partial charge in [0, 0.05) is 4.88 Å². The molecule has 0 aliphatic carbocycles. The lowest BCUT2D eigenvalue weighted by Gasteiger charge is -2.03. The van der Waals surface area contributed by atoms with Crippen LogP contribution in [0.4, 0.5) is 0 Å². The minimum absolute atomic E-state index is 0.0145. The van der Waals surface area contributed by atoms with Gasteiger partial charge in [0.25, 0.3) is 5.56 Å². The molecular weight excluding hydrogens is 291 g/mol. The largest absolute Gasteiger partial charge is 0.287 e. The molecule has 0 saturated carbocycles. The minimum Gasteiger partial charge on any atom is -0.266 e. The summed E-state index contributed by atoms with van der Waals surface area (Å²) < 4.78 is 1.92. The number of hydrogen-bond donors (Lipinski definition) is 0. The van der Waals surface area contributed by atoms with E-state index in [4.69, 9.17) is 34.8 Å². The lowest BCUT2D eigenvalue weighted by atomic mass is 10.4. The second-order valence-electron chi connectivity index (χ2n) is 2.98. The summed E-state index contributed by atoms with van der Waals surface area (Å²) in [5.74, 6) is 0. The number of nitrogens with zero attached hydrogens (tertiary/aromatic N) is 2. The van der Waals surface area contributed by atoms with E-state index in [0.717, 1.165) is 4.88 Å². The van der Waals surface area contributed by atoms with Crippen molar-refractivity contribution in [3.05, 3.63) is 47.9 Å². The summed E-state index contributed by atoms with van der Waals surface area (Å²) in [4.78, 5) is 12.6. The Morgan fingerprint density at radius 3 is 2.69 bits per heavy atom. The quantitative estimate of drug-likeness (QED) is 0.852. The average molecular weight is 296 g/mol. The average Bonchev–Trinajstić information content (AvgIpc) is 2.65. The van der Waals surface area contributed by atoms with Crippen molar-refractivity contribution in [2.45, 2.75) is 6.54 Å². The van der Waals surface area contributed by atoms with E-state index in [1.54, 1.807) is 6.07 Å². The maximum absolute atomic E-state index is 11.7. The zero-order chi connectivity index (χ0) is 11.7. The number of thiophene rings is 1. The zero-order valence-electron chi connectivity index (χ0n) is 7.78. The molecule has 0 saturated heterocycles. The Hall–Kier alpha value is -0.550. The molecule has 0 bridgehead atoms. The Morgan fingerprint density at radius 1 is 1.31 bits per heavy atom. The van der Waals surface area contributed by atoms with E-state index in [1.165, 1.54) is 22.2 Å². The maximum atomic E-state index is 11.7. The lowest BCUT2D eigenvalue weighted by Crippen LogP contribution is -2.23. The second kappa shape index (κ2) is 4.75. The molecule has 2 heterocycles. The maximum Gasteiger partial charge on any atom is 0.287 e. The van der Waals surface area contributed by atoms with E-state index in [2.05, 4.69) is 5.10 Å². The van der Waals surface area contributed by atoms with Crippen LogP contribution in [0.5, 0.6) is 0 Å². The molecule has 16 heavy (non-hydrogen) atoms. The lowest BCUT2D eigenvalue weighted by molar-refractivity contribution is 0.645. The molecule has 2 aromatic heterocycles. The Bertz CT molecular complexity index is 578. The van der Waals surface area contributed by atoms with Gasteiger partial charge in [-0.25, -0.2) is 4.68 Å². The second-order valence-corrected chi connectivity index (χ2v) is 5.56. The molecule has 7 heteroatoms. The molecule has 0 unspecified atom stereocenters. The fourth-order valence-corrected chi connectivity index (χ4v) is 2.48. The van der Waals surface area contributed by atoms with Crippen LogP contribution in [-0.2, 0) is 6.54 Å². The van der Waals surface area contributed by atoms with E-state index < -0.39 is 5.56 Å². The molecule has 0 atom stereocenters. The molecule has 0 N–H and O–H groups in total. The van der Waals surface area contributed by atoms with E-state index >= 15 is 0 Å². The summed E-state index contributed by atoms with van der Waals surface area (Å²) in [6.07, 6.45) is 1.35. The fraction of sp³-hybridized carbons (Fsp3) is 0.111. The molecule has 0 amide bonds. The van der Waals surface area contributed by atoms with E-state index in [0.29, 0.717) is 10.9 Å². The van der Waals surface area contributed by atoms with Crippen LogP contribution in [0.3, 0.4) is 0 Å². The normalized spacial score (nSPS) is 10.7. The van der Waals surface area contributed by atoms with Crippen LogP contribution in [-0.4, -0.2) is 9.78 Å². The molecule has 2 aromatic rings. The van der Waals surface area contributed by atoms with Crippen LogP contribution >= 0.6 is 46.1 Å². The first-order chi connectivity index (χ1) is 7.58. The van der Waals surface area contributed by atoms with Crippen molar-refractivity contribution < 1.29 is 0 Å². The van der Waals surface area contributed by atoms with Crippen LogP contribution in [0, 0.1) is 0 Å². The third-order valence-corrected chi connectivity index (χ3v) is 3.84. The van der Waals surface area contributed by atoms with Gasteiger partial charge in [-0.3, -0.25) is 4.79 Å². The van der Waals surface area contributed by atoms with Gasteiger partial charge in [0.1, 0.15) is 5.02 Å². The first-order valence-corrected chi connectivity index (χ1v) is 6.18. The van der Waals surface area contributed by atoms with Gasteiger partial charge < -0.3 is 0 Å². The van der Waals surface area contributed by atoms with Crippen LogP contribution in [0.1, 0.15) is 4.88 Å². The topological polar surface area (TPSA) is 34.9 Å². The number of hydrogen-bond acceptors (Lipinski definition) is 3. The van der Waals surface area contributed by atoms with E-state index in [-0.39, 0.29) is 10.0 Å². The van der Waals surface area contributed by atoms with Gasteiger partial charge in [0.2, 0.25) is 0 Å². The van der Waals surface area contributed by atoms with E-state index in [1.807, 2.05) is 6.07 Å². The molecule has 84 valence electrons. The first kappa shape index (κ1) is 11.9. The number of rotatable bonds is 2. The van der Waals surface area contributed by atoms with Crippen molar-refractivity contribution >= 4 is 46.1 Å². The summed E-state index contributed by atoms with van der Waals surface area (Å²) in [6.45, 7) is 0.340. The molecule has 0 fully saturated rings. The molecule has 2 rings (SSSR count). The van der Waals surface area contributed by atoms with Crippen molar-refractivity contribution in [3.8, 4) is 0 Å². The minimum atomic E-state index is -0.404. The summed E-state index contributed by atoms with van der Waals surface area (Å²) >= 11 is 18.6. The smallest absolute Gasteiger partial charge is 0.266 e. The van der Waals surface area contributed by atoms with Crippen LogP contribution < -0.4 is 5.56 Å². The first-order valence-electron chi connectivity index (χ1n) is 4.23. The van der Waals surface area contributed by atoms with Gasteiger partial charge in [0.15, 0.2) is 0 Å². The predicted octanol–water partition coefficient (Wildman–Crippen LogP) is 3.31. The number of halogens is 3. The highest BCUT2D eigenvalue weighted by Crippen LogP contribution is 2.22. The zero-order valence-corrected chi connectivity index (χ0v) is 10.9. The summed E-state index contributed by atoms with van der Waals surface area (Å²) in [5.41, 5.74) is -0.404. The van der Waals surface area contributed by atoms with E-state index in [9.17, 15) is 4.79 Å². The van der Waals surface area contributed by atoms with Gasteiger partial charge in [-0.1, -0.05) is 34.8 Å². The third kappa shape index (κ3) is 2.40. The van der Waals surface area contributed by atoms with Crippen LogP contribution in [0.15, 0.2) is 23.1 Å². The molecule has 0 radical (unpaired) electrons. The van der Waals surface area contributed by atoms with Crippen molar-refractivity contribution in [2.24, 2.45) is 0 Å². The number of aromatic nitrogens is 2. The summed E-state index contributed by atoms with van der Waals surface area (Å²) in [7, 11) is 0. The Morgan fingerprint density at radius 2 is 2.06 bits per heavy atom. The Kier molecular flexibility index (Phi) is 3.54. The SMILES string of the molecule is O=c1c(Cl)c(Cl)cnn1Cc1ccc(Cl)s1. The summed E-state index contributed by atoms with van der Waals surface area (Å²) in [5, 5.41) is 4.04. The molecule has 0 aliphatic heterocycles. The Labute approximate surface area is 110 Å². The molecule has 0 aromatic carbocycles. The van der Waals surface area contributed by atoms with Crippen molar-refractivity contribution in [3.63, 3.8) is 0 Å². The van der Waals surface area contributed by atoms with Gasteiger partial charge in [-0.05, 0) is 12.1 Å². The van der Waals surface area contributed by atoms with Crippen molar-refractivity contribution in [1.29, 1.82) is 0 Å². The Balaban J connectivity index is 2.36. The van der Waals surface area contributed by atoms with Crippen molar-refractivity contribution in [1.82, 2.24) is 9.78 Å². The standard InChI is InChI=1S/C9H5Cl3N2OS/c10-6-3-13-14(9(15)8(6)12)4-5-1-2-7(11)16-5/h1-3H,4H2. The highest BCUT2D eigenvalue weighted by molar-refractivity contribution is 7.16. The molecule has 3 nitrogen and oxygen atoms in total. The van der Waals surface area contributed by atoms with Gasteiger partial charge in [0.05, 0.1) is 22.1 Å². The highest BCUT2D eigenvalue weighted by Gasteiger charge is 2.08. The van der Waals surface area contributed by atoms with Crippen LogP contribution in [0.2, 0.25) is 14.4 Å². The molecule has 0 aliphatic rings. The predicted molar refractivity (Wildman–Crippen MR) is 66.9 cm³/mol. The van der Waals surface area contributed by atoms with Gasteiger partial charge in [-0.2, -0.15) is 5.10 Å². The molecular formula is C9H5Cl3N2OS. The third-order valence-electron chi connectivity index (χ3n) is 1.88. The monoisotopic (exact) mass is 294 g/mol. The van der Waals surface area contributed by atoms with Gasteiger partial charge in [-0.15, -0.1) is 11.3 Å². The summed E-state index contributed by atoms with van der Waals surface area (Å²) in [6, 6.07) is 3.60.